The summed E-state index contributed by atoms with van der Waals surface area (Å²) in [4.78, 5) is 11.3. The molecule has 59 heavy (non-hydrogen) atoms. The van der Waals surface area contributed by atoms with E-state index in [-0.39, 0.29) is 5.92 Å². The highest BCUT2D eigenvalue weighted by molar-refractivity contribution is 6.32. The van der Waals surface area contributed by atoms with Crippen LogP contribution in [0.4, 0.5) is 0 Å². The standard InChI is InChI=1S/C55H32N4/c1-3-16-33(17-4-1)47-38-23-10-9-21-36(38)43-31-46-50-48-39(41-26-13-25-40-37-22-11-12-27-44(37)58(46)53(40)41)24-14-28-45(48)59(54(50)49(43)47)55-56-51(34-18-5-2-6-19-34)42-30-29-32-15-7-8-20-35(32)52(42)57-55/h1-31,47H. The molecule has 0 aliphatic heterocycles. The van der Waals surface area contributed by atoms with Gasteiger partial charge in [0.1, 0.15) is 0 Å². The number of hydrogen-bond donors (Lipinski definition) is 0. The van der Waals surface area contributed by atoms with E-state index in [4.69, 9.17) is 9.97 Å². The molecular formula is C55H32N4. The van der Waals surface area contributed by atoms with E-state index >= 15 is 0 Å². The maximum Gasteiger partial charge on any atom is 0.235 e. The monoisotopic (exact) mass is 748 g/mol. The van der Waals surface area contributed by atoms with Crippen LogP contribution in [0.3, 0.4) is 0 Å². The second-order valence-electron chi connectivity index (χ2n) is 16.0. The third-order valence-corrected chi connectivity index (χ3v) is 13.1. The van der Waals surface area contributed by atoms with Gasteiger partial charge in [0, 0.05) is 49.2 Å². The lowest BCUT2D eigenvalue weighted by Crippen LogP contribution is -2.07. The SMILES string of the molecule is c1ccc(-c2nc(-n3c4cccc5c6cccc7c8ccccc8n(c8cc9c(c3c8c54)C(c3ccccc3)c3ccccc3-9)c67)nc3c2ccc2ccccc23)cc1. The Morgan fingerprint density at radius 1 is 0.424 bits per heavy atom. The highest BCUT2D eigenvalue weighted by atomic mass is 15.2. The molecule has 0 spiro atoms. The van der Waals surface area contributed by atoms with Crippen molar-refractivity contribution in [3.63, 3.8) is 0 Å². The van der Waals surface area contributed by atoms with Crippen LogP contribution in [0.2, 0.25) is 0 Å². The van der Waals surface area contributed by atoms with Gasteiger partial charge in [-0.15, -0.1) is 0 Å². The first-order chi connectivity index (χ1) is 29.3. The number of nitrogens with zero attached hydrogens (tertiary/aromatic N) is 4. The summed E-state index contributed by atoms with van der Waals surface area (Å²) in [5.41, 5.74) is 15.2. The van der Waals surface area contributed by atoms with E-state index in [1.807, 2.05) is 0 Å². The van der Waals surface area contributed by atoms with Gasteiger partial charge < -0.3 is 4.40 Å². The molecule has 0 fully saturated rings. The van der Waals surface area contributed by atoms with Gasteiger partial charge in [-0.2, -0.15) is 0 Å². The Labute approximate surface area is 338 Å². The van der Waals surface area contributed by atoms with Crippen molar-refractivity contribution in [1.82, 2.24) is 18.9 Å². The Bertz CT molecular complexity index is 3890. The van der Waals surface area contributed by atoms with Crippen molar-refractivity contribution in [2.24, 2.45) is 0 Å². The predicted molar refractivity (Wildman–Crippen MR) is 244 cm³/mol. The molecular weight excluding hydrogens is 717 g/mol. The van der Waals surface area contributed by atoms with Crippen LogP contribution >= 0.6 is 0 Å². The molecule has 13 aromatic rings. The molecule has 0 radical (unpaired) electrons. The van der Waals surface area contributed by atoms with Crippen molar-refractivity contribution < 1.29 is 0 Å². The van der Waals surface area contributed by atoms with Crippen LogP contribution in [0.25, 0.3) is 110 Å². The van der Waals surface area contributed by atoms with Gasteiger partial charge >= 0.3 is 0 Å². The quantitative estimate of drug-likeness (QED) is 0.169. The van der Waals surface area contributed by atoms with Crippen molar-refractivity contribution in [3.05, 3.63) is 205 Å². The molecule has 9 aromatic carbocycles. The molecule has 0 saturated heterocycles. The average Bonchev–Trinajstić information content (AvgIpc) is 3.92. The van der Waals surface area contributed by atoms with Crippen LogP contribution in [0.5, 0.6) is 0 Å². The van der Waals surface area contributed by atoms with E-state index in [0.29, 0.717) is 5.95 Å². The van der Waals surface area contributed by atoms with E-state index in [1.165, 1.54) is 76.7 Å². The van der Waals surface area contributed by atoms with Gasteiger partial charge in [-0.1, -0.05) is 164 Å². The minimum atomic E-state index is 0.00453. The van der Waals surface area contributed by atoms with Gasteiger partial charge in [0.25, 0.3) is 0 Å². The van der Waals surface area contributed by atoms with Crippen molar-refractivity contribution in [2.45, 2.75) is 5.92 Å². The molecule has 0 N–H and O–H groups in total. The molecule has 272 valence electrons. The van der Waals surface area contributed by atoms with E-state index in [0.717, 1.165) is 44.0 Å². The van der Waals surface area contributed by atoms with E-state index in [1.54, 1.807) is 0 Å². The van der Waals surface area contributed by atoms with Crippen LogP contribution in [-0.4, -0.2) is 18.9 Å². The summed E-state index contributed by atoms with van der Waals surface area (Å²) in [7, 11) is 0. The largest absolute Gasteiger partial charge is 0.308 e. The number of para-hydroxylation sites is 2. The summed E-state index contributed by atoms with van der Waals surface area (Å²) in [6, 6.07) is 68.7. The summed E-state index contributed by atoms with van der Waals surface area (Å²) in [5, 5.41) is 10.7. The molecule has 0 bridgehead atoms. The van der Waals surface area contributed by atoms with Crippen LogP contribution in [0, 0.1) is 0 Å². The predicted octanol–water partition coefficient (Wildman–Crippen LogP) is 13.9. The fourth-order valence-electron chi connectivity index (χ4n) is 10.8. The molecule has 4 heterocycles. The Morgan fingerprint density at radius 2 is 1.10 bits per heavy atom. The molecule has 4 heteroatoms. The Morgan fingerprint density at radius 3 is 1.98 bits per heavy atom. The van der Waals surface area contributed by atoms with E-state index in [9.17, 15) is 0 Å². The Kier molecular flexibility index (Phi) is 6.05. The number of benzene rings is 9. The molecule has 0 amide bonds. The van der Waals surface area contributed by atoms with Gasteiger partial charge in [-0.3, -0.25) is 4.57 Å². The maximum atomic E-state index is 5.68. The third-order valence-electron chi connectivity index (χ3n) is 13.1. The molecule has 0 saturated carbocycles. The Hall–Kier alpha value is -7.82. The van der Waals surface area contributed by atoms with E-state index in [2.05, 4.69) is 197 Å². The van der Waals surface area contributed by atoms with Gasteiger partial charge in [0.05, 0.1) is 38.8 Å². The molecule has 1 unspecified atom stereocenters. The first-order valence-corrected chi connectivity index (χ1v) is 20.4. The molecule has 1 aliphatic rings. The van der Waals surface area contributed by atoms with Crippen molar-refractivity contribution in [1.29, 1.82) is 0 Å². The summed E-state index contributed by atoms with van der Waals surface area (Å²) >= 11 is 0. The summed E-state index contributed by atoms with van der Waals surface area (Å²) in [6.07, 6.45) is 0. The Balaban J connectivity index is 1.28. The zero-order valence-corrected chi connectivity index (χ0v) is 31.8. The van der Waals surface area contributed by atoms with Crippen LogP contribution < -0.4 is 0 Å². The normalized spacial score (nSPS) is 13.9. The van der Waals surface area contributed by atoms with Crippen LogP contribution in [0.1, 0.15) is 22.6 Å². The number of aromatic nitrogens is 4. The lowest BCUT2D eigenvalue weighted by molar-refractivity contribution is 0.979. The molecule has 1 atom stereocenters. The van der Waals surface area contributed by atoms with E-state index < -0.39 is 0 Å². The van der Waals surface area contributed by atoms with Crippen molar-refractivity contribution >= 4 is 81.6 Å². The minimum absolute atomic E-state index is 0.00453. The lowest BCUT2D eigenvalue weighted by Gasteiger charge is -2.19. The molecule has 4 nitrogen and oxygen atoms in total. The van der Waals surface area contributed by atoms with Crippen molar-refractivity contribution in [2.75, 3.05) is 0 Å². The van der Waals surface area contributed by atoms with Gasteiger partial charge in [0.2, 0.25) is 5.95 Å². The first-order valence-electron chi connectivity index (χ1n) is 20.4. The topological polar surface area (TPSA) is 35.1 Å². The minimum Gasteiger partial charge on any atom is -0.308 e. The molecule has 4 aromatic heterocycles. The summed E-state index contributed by atoms with van der Waals surface area (Å²) < 4.78 is 4.97. The molecule has 1 aliphatic carbocycles. The lowest BCUT2D eigenvalue weighted by atomic mass is 9.88. The van der Waals surface area contributed by atoms with Gasteiger partial charge in [-0.05, 0) is 62.9 Å². The highest BCUT2D eigenvalue weighted by Gasteiger charge is 2.36. The van der Waals surface area contributed by atoms with Gasteiger partial charge in [0.15, 0.2) is 0 Å². The number of hydrogen-bond acceptors (Lipinski definition) is 2. The number of fused-ring (bicyclic) bond motifs is 12. The van der Waals surface area contributed by atoms with Gasteiger partial charge in [-0.25, -0.2) is 9.97 Å². The smallest absolute Gasteiger partial charge is 0.235 e. The zero-order valence-electron chi connectivity index (χ0n) is 31.8. The van der Waals surface area contributed by atoms with Crippen LogP contribution in [-0.2, 0) is 0 Å². The third kappa shape index (κ3) is 4.02. The summed E-state index contributed by atoms with van der Waals surface area (Å²) in [5.74, 6) is 0.674. The average molecular weight is 749 g/mol. The highest BCUT2D eigenvalue weighted by Crippen LogP contribution is 2.55. The first kappa shape index (κ1) is 31.3. The number of rotatable bonds is 3. The second-order valence-corrected chi connectivity index (χ2v) is 16.0. The fourth-order valence-corrected chi connectivity index (χ4v) is 10.8. The second kappa shape index (κ2) is 11.4. The van der Waals surface area contributed by atoms with Crippen LogP contribution in [0.15, 0.2) is 188 Å². The molecule has 14 rings (SSSR count). The summed E-state index contributed by atoms with van der Waals surface area (Å²) in [6.45, 7) is 0. The zero-order chi connectivity index (χ0) is 38.3. The van der Waals surface area contributed by atoms with Crippen molar-refractivity contribution in [3.8, 4) is 28.3 Å². The maximum absolute atomic E-state index is 5.68. The fraction of sp³-hybridized carbons (Fsp3) is 0.0182.